The molecule has 0 radical (unpaired) electrons. The fourth-order valence-corrected chi connectivity index (χ4v) is 2.75. The van der Waals surface area contributed by atoms with Crippen LogP contribution in [-0.4, -0.2) is 19.9 Å². The Kier molecular flexibility index (Phi) is 5.65. The molecule has 0 aromatic heterocycles. The van der Waals surface area contributed by atoms with Crippen LogP contribution < -0.4 is 4.72 Å². The highest BCUT2D eigenvalue weighted by molar-refractivity contribution is 7.89. The Labute approximate surface area is 112 Å². The Hall–Kier alpha value is -1.73. The molecule has 0 fully saturated rings. The summed E-state index contributed by atoms with van der Waals surface area (Å²) >= 11 is 0. The number of hydrogen-bond donors (Lipinski definition) is 1. The van der Waals surface area contributed by atoms with Crippen molar-refractivity contribution in [1.82, 2.24) is 4.72 Å². The van der Waals surface area contributed by atoms with Crippen molar-refractivity contribution in [2.24, 2.45) is 0 Å². The third-order valence-electron chi connectivity index (χ3n) is 2.43. The number of nitrogens with one attached hydrogen (secondary N) is 1. The number of rotatable bonds is 7. The summed E-state index contributed by atoms with van der Waals surface area (Å²) in [7, 11) is -3.84. The number of allylic oxidation sites excluding steroid dienone is 2. The van der Waals surface area contributed by atoms with Crippen molar-refractivity contribution >= 4 is 15.7 Å². The molecule has 104 valence electrons. The Morgan fingerprint density at radius 1 is 1.37 bits per heavy atom. The second-order valence-corrected chi connectivity index (χ2v) is 5.57. The van der Waals surface area contributed by atoms with Gasteiger partial charge in [-0.15, -0.1) is 0 Å². The van der Waals surface area contributed by atoms with Gasteiger partial charge in [0.1, 0.15) is 0 Å². The predicted molar refractivity (Wildman–Crippen MR) is 72.3 cm³/mol. The first kappa shape index (κ1) is 15.3. The summed E-state index contributed by atoms with van der Waals surface area (Å²) in [6, 6.07) is 5.30. The summed E-state index contributed by atoms with van der Waals surface area (Å²) in [5, 5.41) is 10.8. The third-order valence-corrected chi connectivity index (χ3v) is 3.94. The average Bonchev–Trinajstić information content (AvgIpc) is 2.38. The van der Waals surface area contributed by atoms with Gasteiger partial charge in [-0.2, -0.15) is 0 Å². The summed E-state index contributed by atoms with van der Waals surface area (Å²) in [5.74, 6) is 0. The van der Waals surface area contributed by atoms with E-state index >= 15 is 0 Å². The molecule has 0 aliphatic heterocycles. The molecule has 0 bridgehead atoms. The molecule has 0 aliphatic carbocycles. The van der Waals surface area contributed by atoms with Gasteiger partial charge in [-0.05, 0) is 25.8 Å². The molecule has 0 aliphatic rings. The lowest BCUT2D eigenvalue weighted by Crippen LogP contribution is -2.25. The van der Waals surface area contributed by atoms with E-state index in [-0.39, 0.29) is 11.4 Å². The molecular formula is C12H16N2O4S. The fourth-order valence-electron chi connectivity index (χ4n) is 1.51. The zero-order valence-corrected chi connectivity index (χ0v) is 11.4. The number of hydrogen-bond acceptors (Lipinski definition) is 4. The maximum Gasteiger partial charge on any atom is 0.289 e. The van der Waals surface area contributed by atoms with Gasteiger partial charge in [0.25, 0.3) is 5.69 Å². The molecule has 1 rings (SSSR count). The van der Waals surface area contributed by atoms with E-state index in [1.807, 2.05) is 19.1 Å². The first-order valence-corrected chi connectivity index (χ1v) is 7.31. The molecule has 0 amide bonds. The molecule has 1 aromatic rings. The summed E-state index contributed by atoms with van der Waals surface area (Å²) in [6.07, 6.45) is 5.22. The summed E-state index contributed by atoms with van der Waals surface area (Å²) in [4.78, 5) is 9.79. The average molecular weight is 284 g/mol. The van der Waals surface area contributed by atoms with Crippen molar-refractivity contribution < 1.29 is 13.3 Å². The number of unbranched alkanes of at least 4 members (excludes halogenated alkanes) is 1. The van der Waals surface area contributed by atoms with Crippen LogP contribution in [0, 0.1) is 10.1 Å². The lowest BCUT2D eigenvalue weighted by molar-refractivity contribution is -0.387. The number of nitrogens with zero attached hydrogens (tertiary/aromatic N) is 1. The maximum absolute atomic E-state index is 12.0. The van der Waals surface area contributed by atoms with Crippen LogP contribution in [0.2, 0.25) is 0 Å². The van der Waals surface area contributed by atoms with Crippen molar-refractivity contribution in [2.75, 3.05) is 6.54 Å². The van der Waals surface area contributed by atoms with Crippen molar-refractivity contribution in [3.05, 3.63) is 46.5 Å². The SMILES string of the molecule is C/C=C/CCCNS(=O)(=O)c1ccccc1[N+](=O)[O-]. The van der Waals surface area contributed by atoms with E-state index in [1.54, 1.807) is 0 Å². The minimum absolute atomic E-state index is 0.249. The molecule has 19 heavy (non-hydrogen) atoms. The van der Waals surface area contributed by atoms with Crippen LogP contribution in [0.25, 0.3) is 0 Å². The van der Waals surface area contributed by atoms with E-state index in [0.29, 0.717) is 6.42 Å². The van der Waals surface area contributed by atoms with Crippen molar-refractivity contribution in [3.63, 3.8) is 0 Å². The lowest BCUT2D eigenvalue weighted by Gasteiger charge is -2.06. The molecule has 0 heterocycles. The van der Waals surface area contributed by atoms with E-state index in [2.05, 4.69) is 4.72 Å². The van der Waals surface area contributed by atoms with Crippen LogP contribution in [0.15, 0.2) is 41.3 Å². The first-order chi connectivity index (χ1) is 8.99. The van der Waals surface area contributed by atoms with Gasteiger partial charge >= 0.3 is 0 Å². The second-order valence-electron chi connectivity index (χ2n) is 3.83. The molecule has 1 N–H and O–H groups in total. The van der Waals surface area contributed by atoms with Crippen LogP contribution in [0.4, 0.5) is 5.69 Å². The molecule has 0 saturated heterocycles. The van der Waals surface area contributed by atoms with Crippen molar-refractivity contribution in [3.8, 4) is 0 Å². The number of nitro groups is 1. The van der Waals surface area contributed by atoms with Gasteiger partial charge in [-0.3, -0.25) is 10.1 Å². The summed E-state index contributed by atoms with van der Waals surface area (Å²) in [5.41, 5.74) is -0.413. The van der Waals surface area contributed by atoms with Gasteiger partial charge < -0.3 is 0 Å². The van der Waals surface area contributed by atoms with Crippen LogP contribution in [-0.2, 0) is 10.0 Å². The van der Waals surface area contributed by atoms with Gasteiger partial charge in [-0.1, -0.05) is 24.3 Å². The van der Waals surface area contributed by atoms with E-state index in [0.717, 1.165) is 6.42 Å². The molecule has 0 spiro atoms. The quantitative estimate of drug-likeness (QED) is 0.360. The molecular weight excluding hydrogens is 268 g/mol. The molecule has 1 aromatic carbocycles. The highest BCUT2D eigenvalue weighted by atomic mass is 32.2. The summed E-state index contributed by atoms with van der Waals surface area (Å²) in [6.45, 7) is 2.14. The highest BCUT2D eigenvalue weighted by Gasteiger charge is 2.24. The van der Waals surface area contributed by atoms with E-state index in [4.69, 9.17) is 0 Å². The minimum Gasteiger partial charge on any atom is -0.258 e. The summed E-state index contributed by atoms with van der Waals surface area (Å²) < 4.78 is 26.3. The van der Waals surface area contributed by atoms with Crippen LogP contribution in [0.1, 0.15) is 19.8 Å². The Morgan fingerprint density at radius 3 is 2.68 bits per heavy atom. The lowest BCUT2D eigenvalue weighted by atomic mass is 10.3. The number of sulfonamides is 1. The molecule has 0 unspecified atom stereocenters. The van der Waals surface area contributed by atoms with Gasteiger partial charge in [-0.25, -0.2) is 13.1 Å². The fraction of sp³-hybridized carbons (Fsp3) is 0.333. The largest absolute Gasteiger partial charge is 0.289 e. The molecule has 6 nitrogen and oxygen atoms in total. The van der Waals surface area contributed by atoms with Gasteiger partial charge in [0.05, 0.1) is 4.92 Å². The van der Waals surface area contributed by atoms with Gasteiger partial charge in [0, 0.05) is 12.6 Å². The number of nitro benzene ring substituents is 1. The van der Waals surface area contributed by atoms with E-state index in [9.17, 15) is 18.5 Å². The zero-order valence-electron chi connectivity index (χ0n) is 10.6. The second kappa shape index (κ2) is 7.01. The Morgan fingerprint density at radius 2 is 2.05 bits per heavy atom. The Bertz CT molecular complexity index is 567. The van der Waals surface area contributed by atoms with Gasteiger partial charge in [0.15, 0.2) is 4.90 Å². The third kappa shape index (κ3) is 4.46. The van der Waals surface area contributed by atoms with Gasteiger partial charge in [0.2, 0.25) is 10.0 Å². The first-order valence-electron chi connectivity index (χ1n) is 5.83. The van der Waals surface area contributed by atoms with Crippen LogP contribution in [0.5, 0.6) is 0 Å². The topological polar surface area (TPSA) is 89.3 Å². The molecule has 7 heteroatoms. The van der Waals surface area contributed by atoms with E-state index in [1.165, 1.54) is 24.3 Å². The highest BCUT2D eigenvalue weighted by Crippen LogP contribution is 2.22. The van der Waals surface area contributed by atoms with Crippen LogP contribution >= 0.6 is 0 Å². The Balaban J connectivity index is 2.80. The molecule has 0 atom stereocenters. The standard InChI is InChI=1S/C12H16N2O4S/c1-2-3-4-7-10-13-19(17,18)12-9-6-5-8-11(12)14(15)16/h2-3,5-6,8-9,13H,4,7,10H2,1H3/b3-2+. The number of benzene rings is 1. The maximum atomic E-state index is 12.0. The molecule has 0 saturated carbocycles. The van der Waals surface area contributed by atoms with Crippen molar-refractivity contribution in [1.29, 1.82) is 0 Å². The van der Waals surface area contributed by atoms with E-state index < -0.39 is 20.6 Å². The predicted octanol–water partition coefficient (Wildman–Crippen LogP) is 2.23. The minimum atomic E-state index is -3.84. The van der Waals surface area contributed by atoms with Crippen molar-refractivity contribution in [2.45, 2.75) is 24.7 Å². The number of para-hydroxylation sites is 1. The zero-order chi connectivity index (χ0) is 14.3. The smallest absolute Gasteiger partial charge is 0.258 e. The monoisotopic (exact) mass is 284 g/mol. The normalized spacial score (nSPS) is 11.8. The van der Waals surface area contributed by atoms with Crippen LogP contribution in [0.3, 0.4) is 0 Å².